The monoisotopic (exact) mass is 482 g/mol. The number of benzene rings is 3. The zero-order valence-electron chi connectivity index (χ0n) is 19.4. The highest BCUT2D eigenvalue weighted by Gasteiger charge is 2.34. The highest BCUT2D eigenvalue weighted by molar-refractivity contribution is 6.20. The smallest absolute Gasteiger partial charge is 0.321 e. The molecule has 5 rings (SSSR count). The summed E-state index contributed by atoms with van der Waals surface area (Å²) in [5.74, 6) is -0.416. The van der Waals surface area contributed by atoms with Crippen molar-refractivity contribution in [3.05, 3.63) is 119 Å². The number of anilines is 2. The number of fused-ring (bicyclic) bond motifs is 1. The Morgan fingerprint density at radius 1 is 1.00 bits per heavy atom. The predicted octanol–water partition coefficient (Wildman–Crippen LogP) is 5.26. The summed E-state index contributed by atoms with van der Waals surface area (Å²) in [7, 11) is 0. The quantitative estimate of drug-likeness (QED) is 0.407. The summed E-state index contributed by atoms with van der Waals surface area (Å²) in [5.41, 5.74) is 3.12. The lowest BCUT2D eigenvalue weighted by molar-refractivity contribution is -0.120. The van der Waals surface area contributed by atoms with Crippen LogP contribution in [0.4, 0.5) is 20.6 Å². The average molecular weight is 483 g/mol. The minimum absolute atomic E-state index is 0.112. The topological polar surface area (TPSA) is 86.9 Å². The van der Waals surface area contributed by atoms with Gasteiger partial charge in [-0.15, -0.1) is 0 Å². The normalized spacial score (nSPS) is 15.1. The van der Waals surface area contributed by atoms with Crippen LogP contribution in [-0.4, -0.2) is 23.8 Å². The van der Waals surface area contributed by atoms with E-state index in [0.29, 0.717) is 22.7 Å². The zero-order valence-corrected chi connectivity index (χ0v) is 19.4. The van der Waals surface area contributed by atoms with Gasteiger partial charge in [-0.1, -0.05) is 42.5 Å². The summed E-state index contributed by atoms with van der Waals surface area (Å²) < 4.78 is 20.4. The number of amides is 3. The van der Waals surface area contributed by atoms with Crippen LogP contribution in [0.2, 0.25) is 0 Å². The van der Waals surface area contributed by atoms with Gasteiger partial charge in [0.1, 0.15) is 11.6 Å². The van der Waals surface area contributed by atoms with Crippen LogP contribution in [0.15, 0.2) is 101 Å². The number of halogens is 1. The molecule has 0 bridgehead atoms. The number of aliphatic imine (C=N–C) groups is 1. The highest BCUT2D eigenvalue weighted by atomic mass is 19.1. The standard InChI is InChI=1S/C28H23FN4O3/c1-18-8-6-9-19(16-18)30-28(35)32-26-27(34)33(17-20-10-7-15-36-20)24-14-5-3-12-22(24)25(31-26)21-11-2-4-13-23(21)29/h2-16,26H,17H2,1H3,(H2,30,32,35). The molecule has 3 amide bonds. The van der Waals surface area contributed by atoms with Crippen LogP contribution in [0, 0.1) is 12.7 Å². The predicted molar refractivity (Wildman–Crippen MR) is 136 cm³/mol. The molecule has 8 heteroatoms. The minimum Gasteiger partial charge on any atom is -0.467 e. The molecule has 0 aliphatic carbocycles. The largest absolute Gasteiger partial charge is 0.467 e. The molecule has 0 spiro atoms. The molecule has 1 unspecified atom stereocenters. The maximum absolute atomic E-state index is 14.9. The van der Waals surface area contributed by atoms with Crippen LogP contribution in [0.25, 0.3) is 0 Å². The Hall–Kier alpha value is -4.72. The summed E-state index contributed by atoms with van der Waals surface area (Å²) >= 11 is 0. The fourth-order valence-electron chi connectivity index (χ4n) is 4.13. The number of urea groups is 1. The first kappa shape index (κ1) is 23.0. The number of nitrogens with one attached hydrogen (secondary N) is 2. The summed E-state index contributed by atoms with van der Waals surface area (Å²) in [4.78, 5) is 32.8. The van der Waals surface area contributed by atoms with Crippen LogP contribution in [-0.2, 0) is 11.3 Å². The molecule has 0 radical (unpaired) electrons. The lowest BCUT2D eigenvalue weighted by atomic mass is 9.99. The SMILES string of the molecule is Cc1cccc(NC(=O)NC2N=C(c3ccccc3F)c3ccccc3N(Cc3ccco3)C2=O)c1. The first-order chi connectivity index (χ1) is 17.5. The Kier molecular flexibility index (Phi) is 6.32. The van der Waals surface area contributed by atoms with Gasteiger partial charge in [-0.2, -0.15) is 0 Å². The van der Waals surface area contributed by atoms with E-state index in [0.717, 1.165) is 5.56 Å². The van der Waals surface area contributed by atoms with Gasteiger partial charge in [-0.05, 0) is 55.0 Å². The molecular weight excluding hydrogens is 459 g/mol. The third-order valence-electron chi connectivity index (χ3n) is 5.77. The van der Waals surface area contributed by atoms with Gasteiger partial charge in [0.25, 0.3) is 5.91 Å². The van der Waals surface area contributed by atoms with Gasteiger partial charge >= 0.3 is 6.03 Å². The fraction of sp³-hybridized carbons (Fsp3) is 0.107. The molecule has 2 N–H and O–H groups in total. The molecule has 180 valence electrons. The fourth-order valence-corrected chi connectivity index (χ4v) is 4.13. The molecule has 1 aromatic heterocycles. The Labute approximate surface area is 207 Å². The number of nitrogens with zero attached hydrogens (tertiary/aromatic N) is 2. The molecule has 0 fully saturated rings. The van der Waals surface area contributed by atoms with Gasteiger partial charge in [0.05, 0.1) is 24.2 Å². The lowest BCUT2D eigenvalue weighted by Crippen LogP contribution is -2.48. The van der Waals surface area contributed by atoms with Gasteiger partial charge in [0.15, 0.2) is 0 Å². The van der Waals surface area contributed by atoms with Crippen molar-refractivity contribution in [1.82, 2.24) is 5.32 Å². The lowest BCUT2D eigenvalue weighted by Gasteiger charge is -2.24. The molecule has 3 aromatic carbocycles. The number of benzodiazepines with no additional fused rings is 1. The van der Waals surface area contributed by atoms with E-state index in [1.807, 2.05) is 25.1 Å². The maximum Gasteiger partial charge on any atom is 0.321 e. The second-order valence-electron chi connectivity index (χ2n) is 8.35. The Balaban J connectivity index is 1.57. The number of hydrogen-bond acceptors (Lipinski definition) is 4. The van der Waals surface area contributed by atoms with Gasteiger partial charge < -0.3 is 20.0 Å². The Morgan fingerprint density at radius 3 is 2.53 bits per heavy atom. The van der Waals surface area contributed by atoms with Crippen molar-refractivity contribution >= 4 is 29.0 Å². The van der Waals surface area contributed by atoms with E-state index in [-0.39, 0.29) is 17.8 Å². The average Bonchev–Trinajstić information content (AvgIpc) is 3.35. The summed E-state index contributed by atoms with van der Waals surface area (Å²) in [6.45, 7) is 2.02. The minimum atomic E-state index is -1.31. The van der Waals surface area contributed by atoms with E-state index in [1.165, 1.54) is 17.2 Å². The molecule has 7 nitrogen and oxygen atoms in total. The van der Waals surface area contributed by atoms with Gasteiger partial charge in [0, 0.05) is 16.8 Å². The maximum atomic E-state index is 14.9. The summed E-state index contributed by atoms with van der Waals surface area (Å²) in [6, 6.07) is 23.5. The Morgan fingerprint density at radius 2 is 1.78 bits per heavy atom. The molecule has 0 saturated carbocycles. The van der Waals surface area contributed by atoms with Crippen LogP contribution >= 0.6 is 0 Å². The molecule has 4 aromatic rings. The van der Waals surface area contributed by atoms with Gasteiger partial charge in [-0.25, -0.2) is 14.2 Å². The molecule has 2 heterocycles. The third-order valence-corrected chi connectivity index (χ3v) is 5.77. The summed E-state index contributed by atoms with van der Waals surface area (Å²) in [6.07, 6.45) is 0.210. The van der Waals surface area contributed by atoms with Crippen molar-refractivity contribution in [2.75, 3.05) is 10.2 Å². The Bertz CT molecular complexity index is 1450. The van der Waals surface area contributed by atoms with E-state index >= 15 is 0 Å². The molecule has 36 heavy (non-hydrogen) atoms. The second kappa shape index (κ2) is 9.87. The van der Waals surface area contributed by atoms with E-state index in [9.17, 15) is 14.0 Å². The number of aryl methyl sites for hydroxylation is 1. The number of para-hydroxylation sites is 1. The van der Waals surface area contributed by atoms with Crippen molar-refractivity contribution in [3.8, 4) is 0 Å². The van der Waals surface area contributed by atoms with E-state index in [1.54, 1.807) is 60.7 Å². The number of hydrogen-bond donors (Lipinski definition) is 2. The van der Waals surface area contributed by atoms with E-state index in [2.05, 4.69) is 15.6 Å². The van der Waals surface area contributed by atoms with Crippen molar-refractivity contribution < 1.29 is 18.4 Å². The van der Waals surface area contributed by atoms with Crippen molar-refractivity contribution in [2.24, 2.45) is 4.99 Å². The number of furan rings is 1. The second-order valence-corrected chi connectivity index (χ2v) is 8.35. The molecular formula is C28H23FN4O3. The van der Waals surface area contributed by atoms with Crippen LogP contribution in [0.5, 0.6) is 0 Å². The first-order valence-corrected chi connectivity index (χ1v) is 11.4. The van der Waals surface area contributed by atoms with Crippen molar-refractivity contribution in [1.29, 1.82) is 0 Å². The summed E-state index contributed by atoms with van der Waals surface area (Å²) in [5, 5.41) is 5.39. The van der Waals surface area contributed by atoms with Gasteiger partial charge in [0.2, 0.25) is 6.17 Å². The van der Waals surface area contributed by atoms with E-state index < -0.39 is 23.9 Å². The number of rotatable bonds is 5. The number of carbonyl (C=O) groups is 2. The molecule has 0 saturated heterocycles. The highest BCUT2D eigenvalue weighted by Crippen LogP contribution is 2.30. The van der Waals surface area contributed by atoms with E-state index in [4.69, 9.17) is 4.42 Å². The van der Waals surface area contributed by atoms with Crippen LogP contribution in [0.3, 0.4) is 0 Å². The molecule has 1 aliphatic heterocycles. The van der Waals surface area contributed by atoms with Crippen LogP contribution < -0.4 is 15.5 Å². The molecule has 1 atom stereocenters. The van der Waals surface area contributed by atoms with Crippen molar-refractivity contribution in [3.63, 3.8) is 0 Å². The third kappa shape index (κ3) is 4.74. The van der Waals surface area contributed by atoms with Crippen molar-refractivity contribution in [2.45, 2.75) is 19.6 Å². The zero-order chi connectivity index (χ0) is 25.1. The molecule has 1 aliphatic rings. The van der Waals surface area contributed by atoms with Crippen LogP contribution in [0.1, 0.15) is 22.5 Å². The number of carbonyl (C=O) groups excluding carboxylic acids is 2. The van der Waals surface area contributed by atoms with Gasteiger partial charge in [-0.3, -0.25) is 4.79 Å². The first-order valence-electron chi connectivity index (χ1n) is 11.4.